The van der Waals surface area contributed by atoms with Crippen LogP contribution in [0.3, 0.4) is 0 Å². The van der Waals surface area contributed by atoms with Crippen molar-refractivity contribution in [1.82, 2.24) is 14.6 Å². The normalized spacial score (nSPS) is 26.9. The number of nitrogens with zero attached hydrogens (tertiary/aromatic N) is 5. The molecule has 8 heteroatoms. The summed E-state index contributed by atoms with van der Waals surface area (Å²) in [6.07, 6.45) is 6.42. The summed E-state index contributed by atoms with van der Waals surface area (Å²) in [5, 5.41) is 4.44. The van der Waals surface area contributed by atoms with Gasteiger partial charge in [0, 0.05) is 26.2 Å². The maximum Gasteiger partial charge on any atom is 0.309 e. The molecule has 0 radical (unpaired) electrons. The summed E-state index contributed by atoms with van der Waals surface area (Å²) in [7, 11) is 3.90. The number of hydrogen-bond acceptors (Lipinski definition) is 6. The van der Waals surface area contributed by atoms with Gasteiger partial charge in [-0.15, -0.1) is 5.10 Å². The fraction of sp³-hybridized carbons (Fsp3) is 0.600. The Kier molecular flexibility index (Phi) is 5.27. The highest BCUT2D eigenvalue weighted by molar-refractivity contribution is 6.28. The number of aromatic nitrogens is 3. The second-order valence-corrected chi connectivity index (χ2v) is 8.23. The molecule has 0 aliphatic heterocycles. The van der Waals surface area contributed by atoms with Crippen molar-refractivity contribution in [2.24, 2.45) is 28.7 Å². The van der Waals surface area contributed by atoms with Gasteiger partial charge in [0.25, 0.3) is 0 Å². The van der Waals surface area contributed by atoms with Crippen molar-refractivity contribution >= 4 is 40.9 Å². The zero-order valence-electron chi connectivity index (χ0n) is 16.5. The summed E-state index contributed by atoms with van der Waals surface area (Å²) in [5.41, 5.74) is 0.790. The van der Waals surface area contributed by atoms with E-state index in [0.717, 1.165) is 37.0 Å². The van der Waals surface area contributed by atoms with Crippen LogP contribution in [0.2, 0.25) is 5.28 Å². The lowest BCUT2D eigenvalue weighted by Crippen LogP contribution is -2.45. The molecule has 5 rings (SSSR count). The number of esters is 1. The van der Waals surface area contributed by atoms with Gasteiger partial charge in [0.05, 0.1) is 12.5 Å². The SMILES string of the molecule is CCOC(=O)[C@H]1C2CCC(CC2)C1C=Nc1nc(Cl)nn2c(N(C)C)ccc12. The molecular formula is C20H26ClN5O2. The number of carbonyl (C=O) groups is 1. The van der Waals surface area contributed by atoms with Crippen LogP contribution < -0.4 is 4.90 Å². The number of ether oxygens (including phenoxy) is 1. The van der Waals surface area contributed by atoms with Gasteiger partial charge >= 0.3 is 5.97 Å². The van der Waals surface area contributed by atoms with Gasteiger partial charge in [0.2, 0.25) is 5.28 Å². The van der Waals surface area contributed by atoms with Crippen molar-refractivity contribution in [3.63, 3.8) is 0 Å². The Morgan fingerprint density at radius 1 is 1.32 bits per heavy atom. The minimum Gasteiger partial charge on any atom is -0.466 e. The number of hydrogen-bond donors (Lipinski definition) is 0. The first kappa shape index (κ1) is 19.2. The molecular weight excluding hydrogens is 378 g/mol. The molecule has 3 aliphatic rings. The molecule has 2 bridgehead atoms. The van der Waals surface area contributed by atoms with Gasteiger partial charge in [0.1, 0.15) is 11.3 Å². The Bertz CT molecular complexity index is 901. The Balaban J connectivity index is 1.68. The molecule has 3 saturated carbocycles. The lowest BCUT2D eigenvalue weighted by molar-refractivity contribution is -0.156. The van der Waals surface area contributed by atoms with Crippen molar-refractivity contribution in [3.05, 3.63) is 17.4 Å². The van der Waals surface area contributed by atoms with Gasteiger partial charge < -0.3 is 9.64 Å². The van der Waals surface area contributed by atoms with Gasteiger partial charge in [-0.3, -0.25) is 4.79 Å². The second-order valence-electron chi connectivity index (χ2n) is 7.90. The molecule has 1 unspecified atom stereocenters. The van der Waals surface area contributed by atoms with E-state index in [1.54, 1.807) is 4.52 Å². The minimum absolute atomic E-state index is 0.0863. The number of fused-ring (bicyclic) bond motifs is 4. The Morgan fingerprint density at radius 3 is 2.71 bits per heavy atom. The molecule has 0 spiro atoms. The highest BCUT2D eigenvalue weighted by Gasteiger charge is 2.47. The average Bonchev–Trinajstić information content (AvgIpc) is 3.10. The van der Waals surface area contributed by atoms with Gasteiger partial charge in [0.15, 0.2) is 5.82 Å². The van der Waals surface area contributed by atoms with E-state index in [9.17, 15) is 4.79 Å². The monoisotopic (exact) mass is 403 g/mol. The van der Waals surface area contributed by atoms with E-state index in [4.69, 9.17) is 21.3 Å². The molecule has 0 amide bonds. The number of rotatable bonds is 5. The van der Waals surface area contributed by atoms with E-state index in [1.807, 2.05) is 44.3 Å². The summed E-state index contributed by atoms with van der Waals surface area (Å²) in [5.74, 6) is 2.19. The Morgan fingerprint density at radius 2 is 2.04 bits per heavy atom. The van der Waals surface area contributed by atoms with Gasteiger partial charge in [-0.05, 0) is 68.2 Å². The summed E-state index contributed by atoms with van der Waals surface area (Å²) in [6.45, 7) is 2.27. The number of carbonyl (C=O) groups excluding carboxylic acids is 1. The predicted molar refractivity (Wildman–Crippen MR) is 110 cm³/mol. The summed E-state index contributed by atoms with van der Waals surface area (Å²) in [4.78, 5) is 23.6. The maximum atomic E-state index is 12.6. The first-order valence-corrected chi connectivity index (χ1v) is 10.3. The average molecular weight is 404 g/mol. The Labute approximate surface area is 169 Å². The molecule has 0 saturated heterocycles. The highest BCUT2D eigenvalue weighted by atomic mass is 35.5. The summed E-state index contributed by atoms with van der Waals surface area (Å²) >= 11 is 6.15. The van der Waals surface area contributed by atoms with Crippen molar-refractivity contribution < 1.29 is 9.53 Å². The van der Waals surface area contributed by atoms with Crippen LogP contribution in [0.15, 0.2) is 17.1 Å². The largest absolute Gasteiger partial charge is 0.466 e. The van der Waals surface area contributed by atoms with E-state index < -0.39 is 0 Å². The zero-order chi connectivity index (χ0) is 19.8. The van der Waals surface area contributed by atoms with Gasteiger partial charge in [-0.25, -0.2) is 9.51 Å². The van der Waals surface area contributed by atoms with E-state index in [-0.39, 0.29) is 23.1 Å². The van der Waals surface area contributed by atoms with Crippen LogP contribution in [0.1, 0.15) is 32.6 Å². The van der Waals surface area contributed by atoms with Crippen molar-refractivity contribution in [1.29, 1.82) is 0 Å². The maximum absolute atomic E-state index is 12.6. The first-order valence-electron chi connectivity index (χ1n) is 9.93. The van der Waals surface area contributed by atoms with Gasteiger partial charge in [-0.1, -0.05) is 0 Å². The fourth-order valence-electron chi connectivity index (χ4n) is 4.83. The lowest BCUT2D eigenvalue weighted by atomic mass is 9.59. The molecule has 3 fully saturated rings. The van der Waals surface area contributed by atoms with Crippen LogP contribution >= 0.6 is 11.6 Å². The zero-order valence-corrected chi connectivity index (χ0v) is 17.3. The third kappa shape index (κ3) is 3.36. The van der Waals surface area contributed by atoms with Gasteiger partial charge in [-0.2, -0.15) is 4.98 Å². The van der Waals surface area contributed by atoms with E-state index >= 15 is 0 Å². The highest BCUT2D eigenvalue weighted by Crippen LogP contribution is 2.48. The first-order chi connectivity index (χ1) is 13.5. The molecule has 2 aromatic rings. The van der Waals surface area contributed by atoms with Crippen LogP contribution in [0, 0.1) is 23.7 Å². The second kappa shape index (κ2) is 7.70. The molecule has 0 aromatic carbocycles. The van der Waals surface area contributed by atoms with E-state index in [2.05, 4.69) is 10.1 Å². The Hall–Kier alpha value is -2.15. The fourth-order valence-corrected chi connectivity index (χ4v) is 4.99. The van der Waals surface area contributed by atoms with Crippen LogP contribution in [0.5, 0.6) is 0 Å². The number of halogens is 1. The molecule has 150 valence electrons. The molecule has 7 nitrogen and oxygen atoms in total. The van der Waals surface area contributed by atoms with Crippen molar-refractivity contribution in [2.75, 3.05) is 25.6 Å². The molecule has 2 heterocycles. The molecule has 3 aliphatic carbocycles. The third-order valence-corrected chi connectivity index (χ3v) is 6.27. The van der Waals surface area contributed by atoms with Crippen LogP contribution in [0.4, 0.5) is 11.6 Å². The molecule has 28 heavy (non-hydrogen) atoms. The van der Waals surface area contributed by atoms with Crippen LogP contribution in [-0.4, -0.2) is 47.5 Å². The van der Waals surface area contributed by atoms with Crippen LogP contribution in [-0.2, 0) is 9.53 Å². The summed E-state index contributed by atoms with van der Waals surface area (Å²) < 4.78 is 7.13. The van der Waals surface area contributed by atoms with E-state index in [0.29, 0.717) is 24.3 Å². The predicted octanol–water partition coefficient (Wildman–Crippen LogP) is 3.77. The van der Waals surface area contributed by atoms with Crippen molar-refractivity contribution in [3.8, 4) is 0 Å². The molecule has 2 atom stereocenters. The lowest BCUT2D eigenvalue weighted by Gasteiger charge is -2.45. The molecule has 0 N–H and O–H groups in total. The minimum atomic E-state index is -0.103. The summed E-state index contributed by atoms with van der Waals surface area (Å²) in [6, 6.07) is 3.90. The quantitative estimate of drug-likeness (QED) is 0.561. The smallest absolute Gasteiger partial charge is 0.309 e. The number of anilines is 1. The standard InChI is InChI=1S/C20H26ClN5O2/c1-4-28-19(27)17-13-7-5-12(6-8-13)14(17)11-22-18-15-9-10-16(25(2)3)26(15)24-20(21)23-18/h9-14,17H,4-8H2,1-3H3/t12?,13?,14?,17-/m0/s1. The topological polar surface area (TPSA) is 72.1 Å². The molecule has 2 aromatic heterocycles. The number of aliphatic imine (C=N–C) groups is 1. The van der Waals surface area contributed by atoms with E-state index in [1.165, 1.54) is 0 Å². The third-order valence-electron chi connectivity index (χ3n) is 6.11. The van der Waals surface area contributed by atoms with Crippen molar-refractivity contribution in [2.45, 2.75) is 32.6 Å². The van der Waals surface area contributed by atoms with Crippen LogP contribution in [0.25, 0.3) is 5.52 Å².